The lowest BCUT2D eigenvalue weighted by molar-refractivity contribution is 0.498. The first-order chi connectivity index (χ1) is 11.8. The zero-order valence-electron chi connectivity index (χ0n) is 14.2. The summed E-state index contributed by atoms with van der Waals surface area (Å²) in [7, 11) is -3.59. The first-order valence-corrected chi connectivity index (χ1v) is 10.2. The number of thioether (sulfide) groups is 1. The van der Waals surface area contributed by atoms with Crippen LogP contribution in [0.1, 0.15) is 19.4 Å². The van der Waals surface area contributed by atoms with Gasteiger partial charge in [0.25, 0.3) is 0 Å². The maximum Gasteiger partial charge on any atom is 0.241 e. The number of aliphatic imine (C=N–C) groups is 4. The summed E-state index contributed by atoms with van der Waals surface area (Å²) in [5, 5.41) is 0.769. The fourth-order valence-electron chi connectivity index (χ4n) is 2.33. The predicted molar refractivity (Wildman–Crippen MR) is 104 cm³/mol. The molecule has 9 heteroatoms. The van der Waals surface area contributed by atoms with Gasteiger partial charge >= 0.3 is 0 Å². The molecule has 0 aromatic heterocycles. The average molecular weight is 377 g/mol. The Balaban J connectivity index is 1.67. The number of nitrogens with zero attached hydrogens (tertiary/aromatic N) is 4. The Labute approximate surface area is 151 Å². The molecule has 0 radical (unpaired) electrons. The van der Waals surface area contributed by atoms with E-state index in [4.69, 9.17) is 0 Å². The van der Waals surface area contributed by atoms with Gasteiger partial charge in [0.05, 0.1) is 4.90 Å². The Kier molecular flexibility index (Phi) is 4.90. The second-order valence-electron chi connectivity index (χ2n) is 6.46. The molecule has 0 spiro atoms. The van der Waals surface area contributed by atoms with E-state index in [9.17, 15) is 8.42 Å². The number of fused-ring (bicyclic) bond motifs is 1. The van der Waals surface area contributed by atoms with Crippen molar-refractivity contribution in [2.45, 2.75) is 37.2 Å². The van der Waals surface area contributed by atoms with Gasteiger partial charge in [-0.2, -0.15) is 0 Å². The molecule has 132 valence electrons. The summed E-state index contributed by atoms with van der Waals surface area (Å²) in [6.45, 7) is 5.61. The van der Waals surface area contributed by atoms with Crippen molar-refractivity contribution in [3.8, 4) is 0 Å². The lowest BCUT2D eigenvalue weighted by Crippen LogP contribution is -2.46. The quantitative estimate of drug-likeness (QED) is 0.850. The third-order valence-electron chi connectivity index (χ3n) is 3.58. The molecule has 2 aliphatic heterocycles. The van der Waals surface area contributed by atoms with Gasteiger partial charge in [0, 0.05) is 11.3 Å². The molecule has 2 aliphatic rings. The second kappa shape index (κ2) is 6.81. The minimum Gasteiger partial charge on any atom is -0.255 e. The number of amidine groups is 1. The van der Waals surface area contributed by atoms with E-state index >= 15 is 0 Å². The highest BCUT2D eigenvalue weighted by Gasteiger charge is 2.31. The molecular weight excluding hydrogens is 358 g/mol. The van der Waals surface area contributed by atoms with E-state index in [0.29, 0.717) is 11.6 Å². The number of hydrogen-bond acceptors (Lipinski definition) is 7. The molecule has 0 amide bonds. The smallest absolute Gasteiger partial charge is 0.241 e. The van der Waals surface area contributed by atoms with Crippen molar-refractivity contribution in [1.82, 2.24) is 4.72 Å². The van der Waals surface area contributed by atoms with Crippen LogP contribution in [0.4, 0.5) is 0 Å². The Morgan fingerprint density at radius 3 is 2.60 bits per heavy atom. The van der Waals surface area contributed by atoms with Crippen LogP contribution in [0.2, 0.25) is 0 Å². The Morgan fingerprint density at radius 1 is 1.16 bits per heavy atom. The van der Waals surface area contributed by atoms with Crippen LogP contribution in [0.5, 0.6) is 0 Å². The van der Waals surface area contributed by atoms with Crippen molar-refractivity contribution >= 4 is 45.3 Å². The average Bonchev–Trinajstić information content (AvgIpc) is 3.01. The molecule has 0 aliphatic carbocycles. The van der Waals surface area contributed by atoms with E-state index in [1.54, 1.807) is 24.3 Å². The van der Waals surface area contributed by atoms with Gasteiger partial charge in [-0.1, -0.05) is 17.7 Å². The van der Waals surface area contributed by atoms with Crippen molar-refractivity contribution in [3.05, 3.63) is 29.8 Å². The van der Waals surface area contributed by atoms with E-state index in [-0.39, 0.29) is 10.9 Å². The third kappa shape index (κ3) is 4.23. The number of aryl methyl sites for hydroxylation is 1. The third-order valence-corrected chi connectivity index (χ3v) is 6.79. The second-order valence-corrected chi connectivity index (χ2v) is 9.14. The molecule has 0 bridgehead atoms. The highest BCUT2D eigenvalue weighted by molar-refractivity contribution is 8.14. The zero-order chi connectivity index (χ0) is 18.1. The summed E-state index contributed by atoms with van der Waals surface area (Å²) < 4.78 is 27.9. The highest BCUT2D eigenvalue weighted by Crippen LogP contribution is 2.23. The molecule has 3 rings (SSSR count). The van der Waals surface area contributed by atoms with Crippen molar-refractivity contribution in [2.75, 3.05) is 5.75 Å². The molecule has 1 aromatic rings. The standard InChI is InChI=1S/C16H19N5O2S2/c1-11-4-6-12(7-5-11)25(22,23)21-16(2,3)8-24-15-13-14(18-9-17-13)19-10-20-15/h4-7,9-10,13,21H,8H2,1-3H3. The minimum absolute atomic E-state index is 0.258. The van der Waals surface area contributed by atoms with Gasteiger partial charge in [0.15, 0.2) is 11.9 Å². The van der Waals surface area contributed by atoms with Gasteiger partial charge in [-0.05, 0) is 32.9 Å². The van der Waals surface area contributed by atoms with Crippen molar-refractivity contribution in [2.24, 2.45) is 20.0 Å². The fourth-order valence-corrected chi connectivity index (χ4v) is 4.86. The molecule has 7 nitrogen and oxygen atoms in total. The van der Waals surface area contributed by atoms with Crippen LogP contribution in [0.15, 0.2) is 49.1 Å². The summed E-state index contributed by atoms with van der Waals surface area (Å²) >= 11 is 1.46. The summed E-state index contributed by atoms with van der Waals surface area (Å²) in [5.41, 5.74) is 0.353. The highest BCUT2D eigenvalue weighted by atomic mass is 32.2. The number of hydrogen-bond donors (Lipinski definition) is 1. The molecule has 1 N–H and O–H groups in total. The predicted octanol–water partition coefficient (Wildman–Crippen LogP) is 2.03. The van der Waals surface area contributed by atoms with Crippen LogP contribution in [-0.4, -0.2) is 49.3 Å². The van der Waals surface area contributed by atoms with Gasteiger partial charge in [0.2, 0.25) is 10.0 Å². The molecular formula is C16H19N5O2S2. The van der Waals surface area contributed by atoms with E-state index in [0.717, 1.165) is 10.6 Å². The molecule has 1 aromatic carbocycles. The van der Waals surface area contributed by atoms with Gasteiger partial charge in [-0.3, -0.25) is 4.99 Å². The number of rotatable bonds is 5. The summed E-state index contributed by atoms with van der Waals surface area (Å²) in [6, 6.07) is 6.52. The van der Waals surface area contributed by atoms with Gasteiger partial charge in [-0.15, -0.1) is 11.8 Å². The van der Waals surface area contributed by atoms with Crippen LogP contribution in [-0.2, 0) is 10.0 Å². The largest absolute Gasteiger partial charge is 0.255 e. The minimum atomic E-state index is -3.59. The maximum atomic E-state index is 12.6. The Morgan fingerprint density at radius 2 is 1.88 bits per heavy atom. The van der Waals surface area contributed by atoms with E-state index in [1.165, 1.54) is 24.4 Å². The molecule has 0 saturated carbocycles. The van der Waals surface area contributed by atoms with E-state index in [2.05, 4.69) is 24.7 Å². The van der Waals surface area contributed by atoms with Crippen LogP contribution in [0.3, 0.4) is 0 Å². The van der Waals surface area contributed by atoms with Gasteiger partial charge in [0.1, 0.15) is 17.7 Å². The molecule has 25 heavy (non-hydrogen) atoms. The molecule has 1 unspecified atom stereocenters. The monoisotopic (exact) mass is 377 g/mol. The van der Waals surface area contributed by atoms with Crippen LogP contribution >= 0.6 is 11.8 Å². The van der Waals surface area contributed by atoms with Crippen molar-refractivity contribution in [1.29, 1.82) is 0 Å². The lowest BCUT2D eigenvalue weighted by atomic mass is 10.1. The van der Waals surface area contributed by atoms with Crippen LogP contribution < -0.4 is 4.72 Å². The van der Waals surface area contributed by atoms with Crippen molar-refractivity contribution in [3.63, 3.8) is 0 Å². The SMILES string of the molecule is Cc1ccc(S(=O)(=O)NC(C)(C)CSC2=NC=NC3=NC=NC32)cc1. The number of nitrogens with one attached hydrogen (secondary N) is 1. The number of benzene rings is 1. The van der Waals surface area contributed by atoms with E-state index in [1.807, 2.05) is 20.8 Å². The first-order valence-electron chi connectivity index (χ1n) is 7.70. The summed E-state index contributed by atoms with van der Waals surface area (Å²) in [5.74, 6) is 1.12. The van der Waals surface area contributed by atoms with Crippen molar-refractivity contribution < 1.29 is 8.42 Å². The summed E-state index contributed by atoms with van der Waals surface area (Å²) in [4.78, 5) is 16.9. The Bertz CT molecular complexity index is 884. The van der Waals surface area contributed by atoms with Gasteiger partial charge < -0.3 is 0 Å². The number of sulfonamides is 1. The van der Waals surface area contributed by atoms with E-state index < -0.39 is 15.6 Å². The first kappa shape index (κ1) is 18.0. The lowest BCUT2D eigenvalue weighted by Gasteiger charge is -2.26. The Hall–Kier alpha value is -1.84. The normalized spacial score (nSPS) is 19.6. The molecule has 0 fully saturated rings. The molecule has 1 atom stereocenters. The topological polar surface area (TPSA) is 95.6 Å². The zero-order valence-corrected chi connectivity index (χ0v) is 15.8. The molecule has 2 heterocycles. The van der Waals surface area contributed by atoms with Crippen LogP contribution in [0, 0.1) is 6.92 Å². The maximum absolute atomic E-state index is 12.6. The van der Waals surface area contributed by atoms with Crippen LogP contribution in [0.25, 0.3) is 0 Å². The molecule has 0 saturated heterocycles. The fraction of sp³-hybridized carbons (Fsp3) is 0.375. The summed E-state index contributed by atoms with van der Waals surface area (Å²) in [6.07, 6.45) is 2.93. The van der Waals surface area contributed by atoms with Gasteiger partial charge in [-0.25, -0.2) is 28.1 Å².